The summed E-state index contributed by atoms with van der Waals surface area (Å²) in [6.45, 7) is 6.81. The van der Waals surface area contributed by atoms with Gasteiger partial charge in [0.2, 0.25) is 0 Å². The smallest absolute Gasteiger partial charge is 0.00929 e. The fourth-order valence-electron chi connectivity index (χ4n) is 1.73. The van der Waals surface area contributed by atoms with E-state index in [1.54, 1.807) is 0 Å². The molecule has 1 aliphatic carbocycles. The van der Waals surface area contributed by atoms with Crippen molar-refractivity contribution in [1.29, 1.82) is 0 Å². The topological polar surface area (TPSA) is 26.0 Å². The van der Waals surface area contributed by atoms with Gasteiger partial charge in [0.25, 0.3) is 0 Å². The minimum absolute atomic E-state index is 0.437. The second kappa shape index (κ2) is 3.57. The summed E-state index contributed by atoms with van der Waals surface area (Å²) in [5.41, 5.74) is 6.11. The van der Waals surface area contributed by atoms with Crippen LogP contribution in [-0.4, -0.2) is 6.04 Å². The van der Waals surface area contributed by atoms with Crippen molar-refractivity contribution in [3.8, 4) is 0 Å². The van der Waals surface area contributed by atoms with Gasteiger partial charge in [0.15, 0.2) is 0 Å². The average Bonchev–Trinajstić information content (AvgIpc) is 2.82. The third-order valence-electron chi connectivity index (χ3n) is 3.27. The molecule has 66 valence electrons. The van der Waals surface area contributed by atoms with Gasteiger partial charge in [-0.25, -0.2) is 0 Å². The Hall–Kier alpha value is -0.0400. The van der Waals surface area contributed by atoms with E-state index in [-0.39, 0.29) is 0 Å². The van der Waals surface area contributed by atoms with Crippen LogP contribution in [0.5, 0.6) is 0 Å². The molecule has 0 aliphatic heterocycles. The first-order valence-corrected chi connectivity index (χ1v) is 4.92. The molecular formula is C10H21N. The quantitative estimate of drug-likeness (QED) is 0.663. The molecule has 1 heteroatoms. The van der Waals surface area contributed by atoms with Crippen molar-refractivity contribution >= 4 is 0 Å². The van der Waals surface area contributed by atoms with Crippen LogP contribution in [0.15, 0.2) is 0 Å². The fourth-order valence-corrected chi connectivity index (χ4v) is 1.73. The van der Waals surface area contributed by atoms with Crippen molar-refractivity contribution in [2.45, 2.75) is 46.1 Å². The van der Waals surface area contributed by atoms with Gasteiger partial charge in [0.1, 0.15) is 0 Å². The monoisotopic (exact) mass is 155 g/mol. The van der Waals surface area contributed by atoms with E-state index in [1.165, 1.54) is 19.3 Å². The Bertz CT molecular complexity index is 118. The van der Waals surface area contributed by atoms with Gasteiger partial charge in [-0.15, -0.1) is 0 Å². The van der Waals surface area contributed by atoms with E-state index in [0.717, 1.165) is 11.8 Å². The lowest BCUT2D eigenvalue weighted by atomic mass is 9.87. The molecule has 1 aliphatic rings. The highest BCUT2D eigenvalue weighted by atomic mass is 14.7. The van der Waals surface area contributed by atoms with Gasteiger partial charge in [0, 0.05) is 6.04 Å². The first kappa shape index (κ1) is 9.05. The predicted molar refractivity (Wildman–Crippen MR) is 49.3 cm³/mol. The molecule has 0 aromatic heterocycles. The first-order valence-electron chi connectivity index (χ1n) is 4.92. The number of nitrogens with two attached hydrogens (primary N) is 1. The molecule has 3 unspecified atom stereocenters. The number of hydrogen-bond acceptors (Lipinski definition) is 1. The largest absolute Gasteiger partial charge is 0.327 e. The van der Waals surface area contributed by atoms with Crippen molar-refractivity contribution < 1.29 is 0 Å². The van der Waals surface area contributed by atoms with Crippen LogP contribution in [-0.2, 0) is 0 Å². The molecule has 0 saturated heterocycles. The molecule has 0 bridgehead atoms. The summed E-state index contributed by atoms with van der Waals surface area (Å²) in [5, 5.41) is 0. The van der Waals surface area contributed by atoms with E-state index in [4.69, 9.17) is 5.73 Å². The Kier molecular flexibility index (Phi) is 2.94. The summed E-state index contributed by atoms with van der Waals surface area (Å²) < 4.78 is 0. The second-order valence-electron chi connectivity index (χ2n) is 4.16. The predicted octanol–water partition coefficient (Wildman–Crippen LogP) is 2.41. The highest BCUT2D eigenvalue weighted by Crippen LogP contribution is 2.39. The molecule has 3 atom stereocenters. The highest BCUT2D eigenvalue weighted by molar-refractivity contribution is 4.86. The van der Waals surface area contributed by atoms with Crippen LogP contribution in [0, 0.1) is 17.8 Å². The van der Waals surface area contributed by atoms with Gasteiger partial charge in [-0.2, -0.15) is 0 Å². The number of rotatable bonds is 4. The normalized spacial score (nSPS) is 26.2. The molecule has 0 heterocycles. The summed E-state index contributed by atoms with van der Waals surface area (Å²) in [5.74, 6) is 2.41. The molecule has 1 saturated carbocycles. The zero-order valence-electron chi connectivity index (χ0n) is 8.01. The van der Waals surface area contributed by atoms with Crippen LogP contribution in [0.25, 0.3) is 0 Å². The van der Waals surface area contributed by atoms with E-state index in [1.807, 2.05) is 0 Å². The lowest BCUT2D eigenvalue weighted by Crippen LogP contribution is -2.35. The summed E-state index contributed by atoms with van der Waals surface area (Å²) in [4.78, 5) is 0. The van der Waals surface area contributed by atoms with Crippen LogP contribution in [0.1, 0.15) is 40.0 Å². The van der Waals surface area contributed by atoms with Crippen molar-refractivity contribution in [2.75, 3.05) is 0 Å². The summed E-state index contributed by atoms with van der Waals surface area (Å²) in [6, 6.07) is 0.437. The maximum atomic E-state index is 6.11. The molecule has 0 amide bonds. The molecule has 0 aromatic carbocycles. The summed E-state index contributed by atoms with van der Waals surface area (Å²) in [6.07, 6.45) is 4.06. The number of hydrogen-bond donors (Lipinski definition) is 1. The van der Waals surface area contributed by atoms with Crippen molar-refractivity contribution in [3.05, 3.63) is 0 Å². The van der Waals surface area contributed by atoms with Crippen molar-refractivity contribution in [3.63, 3.8) is 0 Å². The van der Waals surface area contributed by atoms with E-state index in [9.17, 15) is 0 Å². The van der Waals surface area contributed by atoms with Gasteiger partial charge < -0.3 is 5.73 Å². The minimum atomic E-state index is 0.437. The van der Waals surface area contributed by atoms with E-state index in [2.05, 4.69) is 20.8 Å². The zero-order valence-corrected chi connectivity index (χ0v) is 8.01. The Balaban J connectivity index is 2.31. The van der Waals surface area contributed by atoms with Crippen LogP contribution in [0.3, 0.4) is 0 Å². The molecule has 1 rings (SSSR count). The SMILES string of the molecule is CCC(C)C(N)C(C)C1CC1. The van der Waals surface area contributed by atoms with Gasteiger partial charge in [0.05, 0.1) is 0 Å². The lowest BCUT2D eigenvalue weighted by molar-refractivity contribution is 0.309. The summed E-state index contributed by atoms with van der Waals surface area (Å²) >= 11 is 0. The fraction of sp³-hybridized carbons (Fsp3) is 1.00. The van der Waals surface area contributed by atoms with Crippen LogP contribution >= 0.6 is 0 Å². The third-order valence-corrected chi connectivity index (χ3v) is 3.27. The van der Waals surface area contributed by atoms with E-state index >= 15 is 0 Å². The minimum Gasteiger partial charge on any atom is -0.327 e. The third kappa shape index (κ3) is 2.19. The first-order chi connectivity index (χ1) is 5.16. The maximum Gasteiger partial charge on any atom is 0.00929 e. The van der Waals surface area contributed by atoms with Crippen molar-refractivity contribution in [2.24, 2.45) is 23.5 Å². The molecule has 11 heavy (non-hydrogen) atoms. The lowest BCUT2D eigenvalue weighted by Gasteiger charge is -2.24. The van der Waals surface area contributed by atoms with Gasteiger partial charge in [-0.1, -0.05) is 27.2 Å². The Morgan fingerprint density at radius 2 is 1.91 bits per heavy atom. The van der Waals surface area contributed by atoms with E-state index < -0.39 is 0 Å². The molecule has 0 aromatic rings. The molecule has 2 N–H and O–H groups in total. The molecular weight excluding hydrogens is 134 g/mol. The van der Waals surface area contributed by atoms with Gasteiger partial charge >= 0.3 is 0 Å². The Morgan fingerprint density at radius 3 is 2.27 bits per heavy atom. The average molecular weight is 155 g/mol. The Morgan fingerprint density at radius 1 is 1.36 bits per heavy atom. The van der Waals surface area contributed by atoms with Crippen LogP contribution in [0.2, 0.25) is 0 Å². The second-order valence-corrected chi connectivity index (χ2v) is 4.16. The zero-order chi connectivity index (χ0) is 8.43. The van der Waals surface area contributed by atoms with Crippen LogP contribution < -0.4 is 5.73 Å². The molecule has 1 fully saturated rings. The molecule has 1 nitrogen and oxygen atoms in total. The maximum absolute atomic E-state index is 6.11. The Labute approximate surface area is 70.4 Å². The van der Waals surface area contributed by atoms with Crippen LogP contribution in [0.4, 0.5) is 0 Å². The van der Waals surface area contributed by atoms with Crippen molar-refractivity contribution in [1.82, 2.24) is 0 Å². The highest BCUT2D eigenvalue weighted by Gasteiger charge is 2.33. The molecule has 0 spiro atoms. The van der Waals surface area contributed by atoms with E-state index in [0.29, 0.717) is 12.0 Å². The van der Waals surface area contributed by atoms with Gasteiger partial charge in [-0.3, -0.25) is 0 Å². The van der Waals surface area contributed by atoms with Gasteiger partial charge in [-0.05, 0) is 30.6 Å². The molecule has 0 radical (unpaired) electrons. The standard InChI is InChI=1S/C10H21N/c1-4-7(2)10(11)8(3)9-5-6-9/h7-10H,4-6,11H2,1-3H3. The summed E-state index contributed by atoms with van der Waals surface area (Å²) in [7, 11) is 0.